The van der Waals surface area contributed by atoms with Gasteiger partial charge in [0, 0.05) is 11.6 Å². The predicted octanol–water partition coefficient (Wildman–Crippen LogP) is 1.99. The summed E-state index contributed by atoms with van der Waals surface area (Å²) < 4.78 is 0.709. The van der Waals surface area contributed by atoms with E-state index in [2.05, 4.69) is 0 Å². The van der Waals surface area contributed by atoms with Gasteiger partial charge >= 0.3 is 0 Å². The molecule has 3 nitrogen and oxygen atoms in total. The van der Waals surface area contributed by atoms with Crippen LogP contribution in [0.15, 0.2) is 54.9 Å². The Balaban J connectivity index is 1.96. The lowest BCUT2D eigenvalue weighted by Gasteiger charge is -2.10. The number of aliphatic hydroxyl groups is 1. The van der Waals surface area contributed by atoms with Crippen molar-refractivity contribution >= 4 is 0 Å². The zero-order chi connectivity index (χ0) is 12.1. The van der Waals surface area contributed by atoms with Gasteiger partial charge in [0.25, 0.3) is 0 Å². The quantitative estimate of drug-likeness (QED) is 0.643. The average molecular weight is 229 g/mol. The first-order chi connectivity index (χ1) is 8.25. The van der Waals surface area contributed by atoms with Crippen LogP contribution in [0.4, 0.5) is 0 Å². The summed E-state index contributed by atoms with van der Waals surface area (Å²) in [6, 6.07) is 13.4. The number of aliphatic hydroxyl groups excluding tert-OH is 1. The van der Waals surface area contributed by atoms with Crippen molar-refractivity contribution in [3.63, 3.8) is 0 Å². The maximum absolute atomic E-state index is 11.1. The molecule has 1 unspecified atom stereocenters. The van der Waals surface area contributed by atoms with Crippen molar-refractivity contribution in [1.29, 1.82) is 0 Å². The molecule has 0 spiro atoms. The van der Waals surface area contributed by atoms with E-state index in [0.29, 0.717) is 16.7 Å². The summed E-state index contributed by atoms with van der Waals surface area (Å²) in [4.78, 5) is 0. The van der Waals surface area contributed by atoms with E-state index in [4.69, 9.17) is 0 Å². The Morgan fingerprint density at radius 1 is 1.12 bits per heavy atom. The minimum atomic E-state index is -0.586. The van der Waals surface area contributed by atoms with Crippen molar-refractivity contribution in [2.45, 2.75) is 18.9 Å². The minimum absolute atomic E-state index is 0.586. The van der Waals surface area contributed by atoms with Crippen LogP contribution in [0.5, 0.6) is 0 Å². The topological polar surface area (TPSA) is 47.2 Å². The van der Waals surface area contributed by atoms with Crippen LogP contribution >= 0.6 is 0 Å². The van der Waals surface area contributed by atoms with Gasteiger partial charge in [-0.3, -0.25) is 0 Å². The number of aryl methyl sites for hydroxylation is 1. The molecule has 1 aromatic heterocycles. The Morgan fingerprint density at radius 3 is 2.59 bits per heavy atom. The Morgan fingerprint density at radius 2 is 1.88 bits per heavy atom. The van der Waals surface area contributed by atoms with E-state index in [0.717, 1.165) is 6.42 Å². The zero-order valence-electron chi connectivity index (χ0n) is 9.49. The highest BCUT2D eigenvalue weighted by Gasteiger charge is 2.10. The van der Waals surface area contributed by atoms with Crippen molar-refractivity contribution in [2.24, 2.45) is 0 Å². The number of nitrogens with zero attached hydrogens (tertiary/aromatic N) is 1. The summed E-state index contributed by atoms with van der Waals surface area (Å²) in [6.45, 7) is 0. The smallest absolute Gasteiger partial charge is 0.186 e. The van der Waals surface area contributed by atoms with Crippen LogP contribution in [0.3, 0.4) is 0 Å². The van der Waals surface area contributed by atoms with Crippen LogP contribution in [-0.2, 0) is 6.42 Å². The van der Waals surface area contributed by atoms with Gasteiger partial charge in [0.05, 0.1) is 6.10 Å². The molecule has 0 aliphatic heterocycles. The SMILES string of the molecule is [O-][n+]1cccc(C(O)CCc2ccccc2)c1. The van der Waals surface area contributed by atoms with Gasteiger partial charge in [-0.2, -0.15) is 4.73 Å². The number of benzene rings is 1. The van der Waals surface area contributed by atoms with Gasteiger partial charge in [-0.05, 0) is 24.5 Å². The second-order valence-corrected chi connectivity index (χ2v) is 4.04. The molecule has 17 heavy (non-hydrogen) atoms. The van der Waals surface area contributed by atoms with Crippen molar-refractivity contribution in [3.8, 4) is 0 Å². The predicted molar refractivity (Wildman–Crippen MR) is 65.1 cm³/mol. The van der Waals surface area contributed by atoms with Crippen LogP contribution in [-0.4, -0.2) is 5.11 Å². The summed E-state index contributed by atoms with van der Waals surface area (Å²) in [7, 11) is 0. The van der Waals surface area contributed by atoms with Gasteiger partial charge in [0.1, 0.15) is 0 Å². The van der Waals surface area contributed by atoms with Crippen LogP contribution in [0.2, 0.25) is 0 Å². The van der Waals surface area contributed by atoms with E-state index in [1.807, 2.05) is 30.3 Å². The summed E-state index contributed by atoms with van der Waals surface area (Å²) in [5.74, 6) is 0. The number of hydrogen-bond donors (Lipinski definition) is 1. The van der Waals surface area contributed by atoms with Crippen LogP contribution in [0.1, 0.15) is 23.7 Å². The number of hydrogen-bond acceptors (Lipinski definition) is 2. The largest absolute Gasteiger partial charge is 0.619 e. The molecule has 1 aromatic carbocycles. The molecule has 2 aromatic rings. The van der Waals surface area contributed by atoms with Crippen molar-refractivity contribution < 1.29 is 9.84 Å². The molecular formula is C14H15NO2. The highest BCUT2D eigenvalue weighted by atomic mass is 16.5. The van der Waals surface area contributed by atoms with Gasteiger partial charge in [-0.1, -0.05) is 30.3 Å². The van der Waals surface area contributed by atoms with Crippen molar-refractivity contribution in [2.75, 3.05) is 0 Å². The summed E-state index contributed by atoms with van der Waals surface area (Å²) in [5.41, 5.74) is 1.86. The summed E-state index contributed by atoms with van der Waals surface area (Å²) in [6.07, 6.45) is 3.66. The fourth-order valence-electron chi connectivity index (χ4n) is 1.78. The molecule has 0 aliphatic rings. The van der Waals surface area contributed by atoms with E-state index in [9.17, 15) is 10.3 Å². The lowest BCUT2D eigenvalue weighted by Crippen LogP contribution is -2.25. The Hall–Kier alpha value is -1.87. The lowest BCUT2D eigenvalue weighted by molar-refractivity contribution is -0.606. The fourth-order valence-corrected chi connectivity index (χ4v) is 1.78. The normalized spacial score (nSPS) is 12.3. The number of pyridine rings is 1. The molecule has 2 rings (SSSR count). The first-order valence-electron chi connectivity index (χ1n) is 5.66. The lowest BCUT2D eigenvalue weighted by atomic mass is 10.0. The first-order valence-corrected chi connectivity index (χ1v) is 5.66. The van der Waals surface area contributed by atoms with Gasteiger partial charge in [0.15, 0.2) is 12.4 Å². The fraction of sp³-hybridized carbons (Fsp3) is 0.214. The summed E-state index contributed by atoms with van der Waals surface area (Å²) >= 11 is 0. The molecule has 88 valence electrons. The van der Waals surface area contributed by atoms with Crippen LogP contribution < -0.4 is 4.73 Å². The second kappa shape index (κ2) is 5.46. The Labute approximate surface area is 101 Å². The standard InChI is InChI=1S/C14H15NO2/c16-14(13-7-4-10-15(17)11-13)9-8-12-5-2-1-3-6-12/h1-7,10-11,14,16H,8-9H2. The monoisotopic (exact) mass is 229 g/mol. The second-order valence-electron chi connectivity index (χ2n) is 4.04. The van der Waals surface area contributed by atoms with Gasteiger partial charge in [-0.15, -0.1) is 0 Å². The van der Waals surface area contributed by atoms with Crippen LogP contribution in [0.25, 0.3) is 0 Å². The molecule has 0 aliphatic carbocycles. The van der Waals surface area contributed by atoms with E-state index < -0.39 is 6.10 Å². The van der Waals surface area contributed by atoms with Crippen molar-refractivity contribution in [1.82, 2.24) is 0 Å². The van der Waals surface area contributed by atoms with Gasteiger partial charge in [-0.25, -0.2) is 0 Å². The first kappa shape index (κ1) is 11.6. The molecule has 1 atom stereocenters. The molecule has 0 saturated carbocycles. The third-order valence-corrected chi connectivity index (χ3v) is 2.73. The number of rotatable bonds is 4. The number of aromatic nitrogens is 1. The molecule has 0 fully saturated rings. The Kier molecular flexibility index (Phi) is 3.73. The molecule has 0 amide bonds. The highest BCUT2D eigenvalue weighted by molar-refractivity contribution is 5.16. The van der Waals surface area contributed by atoms with E-state index in [1.54, 1.807) is 12.1 Å². The van der Waals surface area contributed by atoms with E-state index in [1.165, 1.54) is 18.0 Å². The van der Waals surface area contributed by atoms with Gasteiger partial charge < -0.3 is 10.3 Å². The maximum atomic E-state index is 11.1. The van der Waals surface area contributed by atoms with Crippen molar-refractivity contribution in [3.05, 3.63) is 71.2 Å². The molecule has 1 N–H and O–H groups in total. The van der Waals surface area contributed by atoms with E-state index >= 15 is 0 Å². The highest BCUT2D eigenvalue weighted by Crippen LogP contribution is 2.17. The third-order valence-electron chi connectivity index (χ3n) is 2.73. The minimum Gasteiger partial charge on any atom is -0.619 e. The molecule has 0 saturated heterocycles. The summed E-state index contributed by atoms with van der Waals surface area (Å²) in [5, 5.41) is 21.0. The molecular weight excluding hydrogens is 214 g/mol. The molecule has 1 heterocycles. The third kappa shape index (κ3) is 3.29. The molecule has 0 bridgehead atoms. The van der Waals surface area contributed by atoms with E-state index in [-0.39, 0.29) is 0 Å². The average Bonchev–Trinajstić information content (AvgIpc) is 2.37. The molecule has 3 heteroatoms. The maximum Gasteiger partial charge on any atom is 0.186 e. The molecule has 0 radical (unpaired) electrons. The van der Waals surface area contributed by atoms with Gasteiger partial charge in [0.2, 0.25) is 0 Å². The van der Waals surface area contributed by atoms with Crippen LogP contribution in [0, 0.1) is 5.21 Å². The zero-order valence-corrected chi connectivity index (χ0v) is 9.49. The Bertz CT molecular complexity index is 471.